The van der Waals surface area contributed by atoms with Crippen molar-refractivity contribution in [3.05, 3.63) is 12.3 Å². The first kappa shape index (κ1) is 22.7. The summed E-state index contributed by atoms with van der Waals surface area (Å²) in [6.07, 6.45) is 22.9. The predicted molar refractivity (Wildman–Crippen MR) is 107 cm³/mol. The Kier molecular flexibility index (Phi) is 13.9. The first-order valence-corrected chi connectivity index (χ1v) is 10.9. The lowest BCUT2D eigenvalue weighted by atomic mass is 10.0. The summed E-state index contributed by atoms with van der Waals surface area (Å²) < 4.78 is 5.05. The van der Waals surface area contributed by atoms with E-state index in [0.717, 1.165) is 12.8 Å². The molecule has 1 saturated heterocycles. The van der Waals surface area contributed by atoms with E-state index < -0.39 is 6.04 Å². The first-order valence-electron chi connectivity index (χ1n) is 10.9. The van der Waals surface area contributed by atoms with Gasteiger partial charge in [-0.25, -0.2) is 4.79 Å². The molecule has 0 unspecified atom stereocenters. The van der Waals surface area contributed by atoms with Gasteiger partial charge < -0.3 is 10.1 Å². The van der Waals surface area contributed by atoms with E-state index >= 15 is 0 Å². The van der Waals surface area contributed by atoms with Gasteiger partial charge in [0.1, 0.15) is 6.04 Å². The van der Waals surface area contributed by atoms with Crippen molar-refractivity contribution in [3.63, 3.8) is 0 Å². The summed E-state index contributed by atoms with van der Waals surface area (Å²) in [4.78, 5) is 22.7. The van der Waals surface area contributed by atoms with Gasteiger partial charge in [-0.2, -0.15) is 0 Å². The van der Waals surface area contributed by atoms with Gasteiger partial charge in [0.25, 0.3) is 0 Å². The Hall–Kier alpha value is -1.32. The molecule has 0 bridgehead atoms. The third-order valence-corrected chi connectivity index (χ3v) is 5.03. The van der Waals surface area contributed by atoms with Crippen molar-refractivity contribution in [3.8, 4) is 0 Å². The second-order valence-electron chi connectivity index (χ2n) is 7.50. The molecule has 0 aromatic heterocycles. The summed E-state index contributed by atoms with van der Waals surface area (Å²) in [5, 5.41) is 2.61. The van der Waals surface area contributed by atoms with E-state index in [9.17, 15) is 9.59 Å². The van der Waals surface area contributed by atoms with Gasteiger partial charge in [-0.3, -0.25) is 4.79 Å². The van der Waals surface area contributed by atoms with Crippen LogP contribution in [-0.2, 0) is 14.3 Å². The molecule has 1 rings (SSSR count). The second kappa shape index (κ2) is 15.9. The van der Waals surface area contributed by atoms with Gasteiger partial charge in [-0.05, 0) is 25.3 Å². The van der Waals surface area contributed by atoms with Crippen LogP contribution in [0.5, 0.6) is 0 Å². The van der Waals surface area contributed by atoms with E-state index in [4.69, 9.17) is 4.74 Å². The standard InChI is InChI=1S/C22H39NO3/c1-2-3-4-5-6-7-8-9-10-11-12-13-14-15-16-19-26-22(25)20-17-18-21(24)23-20/h16,19-20H,2-15,17-18H2,1H3,(H,23,24)/b19-16+/t20-/m0/s1. The highest BCUT2D eigenvalue weighted by Crippen LogP contribution is 2.13. The Balaban J connectivity index is 1.79. The molecule has 0 aliphatic carbocycles. The van der Waals surface area contributed by atoms with Crippen LogP contribution in [0, 0.1) is 0 Å². The zero-order valence-corrected chi connectivity index (χ0v) is 16.8. The Morgan fingerprint density at radius 3 is 2.00 bits per heavy atom. The highest BCUT2D eigenvalue weighted by atomic mass is 16.5. The number of allylic oxidation sites excluding steroid dienone is 1. The van der Waals surface area contributed by atoms with Gasteiger partial charge in [0.05, 0.1) is 6.26 Å². The van der Waals surface area contributed by atoms with Crippen molar-refractivity contribution >= 4 is 11.9 Å². The minimum Gasteiger partial charge on any atom is -0.433 e. The number of amides is 1. The van der Waals surface area contributed by atoms with E-state index in [1.54, 1.807) is 0 Å². The molecule has 0 spiro atoms. The molecule has 1 amide bonds. The third-order valence-electron chi connectivity index (χ3n) is 5.03. The van der Waals surface area contributed by atoms with E-state index in [1.807, 2.05) is 6.08 Å². The zero-order chi connectivity index (χ0) is 18.9. The largest absolute Gasteiger partial charge is 0.433 e. The summed E-state index contributed by atoms with van der Waals surface area (Å²) >= 11 is 0. The molecular formula is C22H39NO3. The van der Waals surface area contributed by atoms with Crippen LogP contribution in [-0.4, -0.2) is 17.9 Å². The van der Waals surface area contributed by atoms with Crippen LogP contribution >= 0.6 is 0 Å². The number of nitrogens with one attached hydrogen (secondary N) is 1. The second-order valence-corrected chi connectivity index (χ2v) is 7.50. The molecule has 0 saturated carbocycles. The summed E-state index contributed by atoms with van der Waals surface area (Å²) in [6.45, 7) is 2.27. The Morgan fingerprint density at radius 2 is 1.50 bits per heavy atom. The van der Waals surface area contributed by atoms with Gasteiger partial charge >= 0.3 is 5.97 Å². The molecule has 1 aliphatic rings. The summed E-state index contributed by atoms with van der Waals surface area (Å²) in [6, 6.07) is -0.455. The van der Waals surface area contributed by atoms with Crippen LogP contribution in [0.15, 0.2) is 12.3 Å². The van der Waals surface area contributed by atoms with Crippen LogP contribution in [0.1, 0.15) is 110 Å². The highest BCUT2D eigenvalue weighted by molar-refractivity contribution is 5.88. The Labute approximate surface area is 160 Å². The lowest BCUT2D eigenvalue weighted by molar-refractivity contribution is -0.141. The van der Waals surface area contributed by atoms with Gasteiger partial charge in [0.15, 0.2) is 0 Å². The maximum atomic E-state index is 11.7. The number of esters is 1. The molecule has 1 atom stereocenters. The van der Waals surface area contributed by atoms with Crippen LogP contribution in [0.2, 0.25) is 0 Å². The smallest absolute Gasteiger partial charge is 0.333 e. The maximum absolute atomic E-state index is 11.7. The van der Waals surface area contributed by atoms with Crippen molar-refractivity contribution in [1.82, 2.24) is 5.32 Å². The van der Waals surface area contributed by atoms with E-state index in [1.165, 1.54) is 83.3 Å². The minimum absolute atomic E-state index is 0.0668. The lowest BCUT2D eigenvalue weighted by Gasteiger charge is -2.06. The zero-order valence-electron chi connectivity index (χ0n) is 16.8. The van der Waals surface area contributed by atoms with Crippen LogP contribution in [0.3, 0.4) is 0 Å². The maximum Gasteiger partial charge on any atom is 0.333 e. The number of rotatable bonds is 16. The lowest BCUT2D eigenvalue weighted by Crippen LogP contribution is -2.33. The normalized spacial score (nSPS) is 17.0. The first-order chi connectivity index (χ1) is 12.7. The number of carbonyl (C=O) groups excluding carboxylic acids is 2. The molecular weight excluding hydrogens is 326 g/mol. The van der Waals surface area contributed by atoms with Gasteiger partial charge in [0, 0.05) is 6.42 Å². The molecule has 4 nitrogen and oxygen atoms in total. The van der Waals surface area contributed by atoms with Crippen LogP contribution < -0.4 is 5.32 Å². The van der Waals surface area contributed by atoms with Gasteiger partial charge in [-0.1, -0.05) is 84.0 Å². The minimum atomic E-state index is -0.455. The number of ether oxygens (including phenoxy) is 1. The molecule has 26 heavy (non-hydrogen) atoms. The molecule has 1 heterocycles. The average Bonchev–Trinajstić information content (AvgIpc) is 3.07. The number of carbonyl (C=O) groups is 2. The van der Waals surface area contributed by atoms with Crippen molar-refractivity contribution in [2.45, 2.75) is 116 Å². The van der Waals surface area contributed by atoms with Gasteiger partial charge in [-0.15, -0.1) is 0 Å². The number of hydrogen-bond acceptors (Lipinski definition) is 3. The monoisotopic (exact) mass is 365 g/mol. The Morgan fingerprint density at radius 1 is 0.962 bits per heavy atom. The fourth-order valence-electron chi connectivity index (χ4n) is 3.34. The molecule has 150 valence electrons. The summed E-state index contributed by atoms with van der Waals surface area (Å²) in [5.41, 5.74) is 0. The van der Waals surface area contributed by atoms with Crippen molar-refractivity contribution in [1.29, 1.82) is 0 Å². The van der Waals surface area contributed by atoms with Crippen molar-refractivity contribution < 1.29 is 14.3 Å². The number of unbranched alkanes of at least 4 members (excludes halogenated alkanes) is 13. The fraction of sp³-hybridized carbons (Fsp3) is 0.818. The fourth-order valence-corrected chi connectivity index (χ4v) is 3.34. The molecule has 0 radical (unpaired) electrons. The topological polar surface area (TPSA) is 55.4 Å². The third kappa shape index (κ3) is 12.1. The Bertz CT molecular complexity index is 406. The van der Waals surface area contributed by atoms with E-state index in [2.05, 4.69) is 12.2 Å². The molecule has 1 aliphatic heterocycles. The predicted octanol–water partition coefficient (Wildman–Crippen LogP) is 5.80. The number of hydrogen-bond donors (Lipinski definition) is 1. The van der Waals surface area contributed by atoms with E-state index in [0.29, 0.717) is 12.8 Å². The summed E-state index contributed by atoms with van der Waals surface area (Å²) in [5.74, 6) is -0.416. The van der Waals surface area contributed by atoms with Crippen LogP contribution in [0.25, 0.3) is 0 Å². The molecule has 4 heteroatoms. The van der Waals surface area contributed by atoms with Crippen molar-refractivity contribution in [2.75, 3.05) is 0 Å². The van der Waals surface area contributed by atoms with Crippen LogP contribution in [0.4, 0.5) is 0 Å². The average molecular weight is 366 g/mol. The highest BCUT2D eigenvalue weighted by Gasteiger charge is 2.27. The molecule has 0 aromatic rings. The SMILES string of the molecule is CCCCCCCCCCCCCCC/C=C/OC(=O)[C@@H]1CCC(=O)N1. The molecule has 1 N–H and O–H groups in total. The molecule has 0 aromatic carbocycles. The van der Waals surface area contributed by atoms with Crippen molar-refractivity contribution in [2.24, 2.45) is 0 Å². The van der Waals surface area contributed by atoms with Gasteiger partial charge in [0.2, 0.25) is 5.91 Å². The summed E-state index contributed by atoms with van der Waals surface area (Å²) in [7, 11) is 0. The quantitative estimate of drug-likeness (QED) is 0.213. The molecule has 1 fully saturated rings. The van der Waals surface area contributed by atoms with E-state index in [-0.39, 0.29) is 11.9 Å².